The molecule has 0 saturated carbocycles. The number of aliphatic hydroxyl groups is 1. The summed E-state index contributed by atoms with van der Waals surface area (Å²) in [5, 5.41) is 51.2. The first-order valence-electron chi connectivity index (χ1n) is 11.0. The lowest BCUT2D eigenvalue weighted by molar-refractivity contribution is -0.167. The maximum atomic E-state index is 12.5. The van der Waals surface area contributed by atoms with Gasteiger partial charge in [-0.15, -0.1) is 0 Å². The summed E-state index contributed by atoms with van der Waals surface area (Å²) in [5.41, 5.74) is -2.19. The number of nitrogens with zero attached hydrogens (tertiary/aromatic N) is 1. The standard InChI is InChI=1S/C24H31NO10/c1-5-33-18-10-14(11-19(34-6-2)22(18)35-7-3)12-24(31,13-17(27)23(30)25(4)32)15-8-9-16(26)21(29)20(15)28/h8-11,26,28-29,31-32H,5-7,12-13H2,1-4H3. The molecular weight excluding hydrogens is 462 g/mol. The summed E-state index contributed by atoms with van der Waals surface area (Å²) < 4.78 is 17.0. The number of ether oxygens (including phenoxy) is 3. The number of amides is 1. The molecule has 0 aliphatic carbocycles. The Balaban J connectivity index is 2.66. The van der Waals surface area contributed by atoms with Crippen LogP contribution in [-0.2, 0) is 21.6 Å². The van der Waals surface area contributed by atoms with E-state index in [1.54, 1.807) is 32.9 Å². The van der Waals surface area contributed by atoms with Gasteiger partial charge in [0.05, 0.1) is 19.8 Å². The molecule has 2 aromatic rings. The van der Waals surface area contributed by atoms with Gasteiger partial charge in [-0.05, 0) is 50.6 Å². The maximum absolute atomic E-state index is 12.5. The number of carbonyl (C=O) groups excluding carboxylic acids is 2. The molecule has 1 unspecified atom stereocenters. The molecule has 0 aliphatic rings. The van der Waals surface area contributed by atoms with Gasteiger partial charge < -0.3 is 34.6 Å². The van der Waals surface area contributed by atoms with Crippen LogP contribution in [-0.4, -0.2) is 69.3 Å². The molecular formula is C24H31NO10. The van der Waals surface area contributed by atoms with Gasteiger partial charge in [-0.2, -0.15) is 0 Å². The number of hydroxylamine groups is 2. The maximum Gasteiger partial charge on any atom is 0.313 e. The third-order valence-electron chi connectivity index (χ3n) is 5.08. The second-order valence-corrected chi connectivity index (χ2v) is 7.69. The van der Waals surface area contributed by atoms with Crippen LogP contribution in [0.15, 0.2) is 24.3 Å². The Morgan fingerprint density at radius 3 is 1.94 bits per heavy atom. The van der Waals surface area contributed by atoms with Gasteiger partial charge in [0, 0.05) is 25.5 Å². The molecule has 0 heterocycles. The lowest BCUT2D eigenvalue weighted by Crippen LogP contribution is -2.38. The highest BCUT2D eigenvalue weighted by molar-refractivity contribution is 6.35. The molecule has 11 heteroatoms. The summed E-state index contributed by atoms with van der Waals surface area (Å²) in [7, 11) is 0.957. The Kier molecular flexibility index (Phi) is 9.15. The highest BCUT2D eigenvalue weighted by atomic mass is 16.5. The fraction of sp³-hybridized carbons (Fsp3) is 0.417. The normalized spacial score (nSPS) is 12.5. The van der Waals surface area contributed by atoms with Gasteiger partial charge in [-0.25, -0.2) is 5.06 Å². The third kappa shape index (κ3) is 6.25. The van der Waals surface area contributed by atoms with E-state index in [2.05, 4.69) is 0 Å². The summed E-state index contributed by atoms with van der Waals surface area (Å²) >= 11 is 0. The lowest BCUT2D eigenvalue weighted by atomic mass is 9.82. The first kappa shape index (κ1) is 27.5. The first-order valence-corrected chi connectivity index (χ1v) is 11.0. The van der Waals surface area contributed by atoms with Gasteiger partial charge in [0.2, 0.25) is 17.3 Å². The van der Waals surface area contributed by atoms with E-state index in [4.69, 9.17) is 14.2 Å². The van der Waals surface area contributed by atoms with E-state index in [-0.39, 0.29) is 17.0 Å². The van der Waals surface area contributed by atoms with Crippen molar-refractivity contribution in [1.29, 1.82) is 0 Å². The zero-order valence-electron chi connectivity index (χ0n) is 20.1. The Morgan fingerprint density at radius 2 is 1.46 bits per heavy atom. The van der Waals surface area contributed by atoms with Crippen molar-refractivity contribution >= 4 is 11.7 Å². The van der Waals surface area contributed by atoms with Crippen molar-refractivity contribution < 1.29 is 49.4 Å². The van der Waals surface area contributed by atoms with Crippen LogP contribution in [0.5, 0.6) is 34.5 Å². The molecule has 11 nitrogen and oxygen atoms in total. The van der Waals surface area contributed by atoms with Crippen molar-refractivity contribution in [3.05, 3.63) is 35.4 Å². The van der Waals surface area contributed by atoms with Gasteiger partial charge in [-0.3, -0.25) is 14.8 Å². The van der Waals surface area contributed by atoms with E-state index < -0.39 is 41.0 Å². The van der Waals surface area contributed by atoms with E-state index in [1.165, 1.54) is 0 Å². The van der Waals surface area contributed by atoms with Crippen LogP contribution >= 0.6 is 0 Å². The Hall–Kier alpha value is -3.70. The largest absolute Gasteiger partial charge is 0.504 e. The molecule has 0 saturated heterocycles. The number of aromatic hydroxyl groups is 3. The minimum atomic E-state index is -2.25. The molecule has 0 bridgehead atoms. The predicted octanol–water partition coefficient (Wildman–Crippen LogP) is 2.24. The third-order valence-corrected chi connectivity index (χ3v) is 5.08. The van der Waals surface area contributed by atoms with Gasteiger partial charge in [-0.1, -0.05) is 0 Å². The van der Waals surface area contributed by atoms with Gasteiger partial charge >= 0.3 is 5.91 Å². The van der Waals surface area contributed by atoms with E-state index in [0.29, 0.717) is 42.6 Å². The fourth-order valence-corrected chi connectivity index (χ4v) is 3.60. The van der Waals surface area contributed by atoms with Gasteiger partial charge in [0.15, 0.2) is 23.0 Å². The average Bonchev–Trinajstić information content (AvgIpc) is 2.79. The van der Waals surface area contributed by atoms with Crippen LogP contribution in [0, 0.1) is 0 Å². The molecule has 1 atom stereocenters. The molecule has 2 aromatic carbocycles. The fourth-order valence-electron chi connectivity index (χ4n) is 3.60. The number of benzene rings is 2. The zero-order chi connectivity index (χ0) is 26.3. The number of ketones is 1. The predicted molar refractivity (Wildman–Crippen MR) is 123 cm³/mol. The minimum absolute atomic E-state index is 0.0776. The minimum Gasteiger partial charge on any atom is -0.504 e. The van der Waals surface area contributed by atoms with Gasteiger partial charge in [0.1, 0.15) is 5.60 Å². The highest BCUT2D eigenvalue weighted by Gasteiger charge is 2.39. The molecule has 1 amide bonds. The molecule has 35 heavy (non-hydrogen) atoms. The Labute approximate surface area is 202 Å². The van der Waals surface area contributed by atoms with Crippen molar-refractivity contribution in [2.75, 3.05) is 26.9 Å². The van der Waals surface area contributed by atoms with E-state index >= 15 is 0 Å². The first-order chi connectivity index (χ1) is 16.5. The summed E-state index contributed by atoms with van der Waals surface area (Å²) in [6.07, 6.45) is -1.22. The summed E-state index contributed by atoms with van der Waals surface area (Å²) in [6.45, 7) is 6.25. The number of hydrogen-bond donors (Lipinski definition) is 5. The number of phenolic OH excluding ortho intramolecular Hbond substituents is 3. The topological polar surface area (TPSA) is 166 Å². The van der Waals surface area contributed by atoms with Gasteiger partial charge in [0.25, 0.3) is 0 Å². The molecule has 5 N–H and O–H groups in total. The van der Waals surface area contributed by atoms with Crippen molar-refractivity contribution in [3.8, 4) is 34.5 Å². The smallest absolute Gasteiger partial charge is 0.313 e. The summed E-state index contributed by atoms with van der Waals surface area (Å²) in [6, 6.07) is 5.26. The molecule has 0 aliphatic heterocycles. The van der Waals surface area contributed by atoms with Crippen LogP contribution < -0.4 is 14.2 Å². The average molecular weight is 494 g/mol. The molecule has 2 rings (SSSR count). The second kappa shape index (κ2) is 11.6. The summed E-state index contributed by atoms with van der Waals surface area (Å²) in [4.78, 5) is 24.5. The quantitative estimate of drug-likeness (QED) is 0.128. The molecule has 0 radical (unpaired) electrons. The number of likely N-dealkylation sites (N-methyl/N-ethyl adjacent to an activating group) is 1. The Bertz CT molecular complexity index is 1040. The molecule has 0 spiro atoms. The van der Waals surface area contributed by atoms with Crippen LogP contribution in [0.4, 0.5) is 0 Å². The van der Waals surface area contributed by atoms with E-state index in [1.807, 2.05) is 0 Å². The number of Topliss-reactive ketones (excluding diaryl/α,β-unsaturated/α-hetero) is 1. The van der Waals surface area contributed by atoms with Crippen molar-refractivity contribution in [2.24, 2.45) is 0 Å². The second-order valence-electron chi connectivity index (χ2n) is 7.69. The van der Waals surface area contributed by atoms with Crippen molar-refractivity contribution in [3.63, 3.8) is 0 Å². The van der Waals surface area contributed by atoms with Crippen LogP contribution in [0.2, 0.25) is 0 Å². The molecule has 0 fully saturated rings. The number of phenols is 3. The monoisotopic (exact) mass is 493 g/mol. The number of carbonyl (C=O) groups is 2. The van der Waals surface area contributed by atoms with E-state index in [0.717, 1.165) is 19.2 Å². The Morgan fingerprint density at radius 1 is 0.914 bits per heavy atom. The van der Waals surface area contributed by atoms with Crippen LogP contribution in [0.3, 0.4) is 0 Å². The SMILES string of the molecule is CCOc1cc(CC(O)(CC(=O)C(=O)N(C)O)c2ccc(O)c(O)c2O)cc(OCC)c1OCC. The number of rotatable bonds is 12. The number of hydrogen-bond acceptors (Lipinski definition) is 10. The summed E-state index contributed by atoms with van der Waals surface area (Å²) in [5.74, 6) is -3.90. The van der Waals surface area contributed by atoms with Crippen LogP contribution in [0.1, 0.15) is 38.3 Å². The van der Waals surface area contributed by atoms with Crippen LogP contribution in [0.25, 0.3) is 0 Å². The highest BCUT2D eigenvalue weighted by Crippen LogP contribution is 2.46. The van der Waals surface area contributed by atoms with Crippen molar-refractivity contribution in [2.45, 2.75) is 39.2 Å². The lowest BCUT2D eigenvalue weighted by Gasteiger charge is -2.30. The van der Waals surface area contributed by atoms with E-state index in [9.17, 15) is 35.2 Å². The van der Waals surface area contributed by atoms with Crippen molar-refractivity contribution in [1.82, 2.24) is 5.06 Å². The zero-order valence-corrected chi connectivity index (χ0v) is 20.1. The molecule has 0 aromatic heterocycles. The molecule has 192 valence electrons.